The minimum absolute atomic E-state index is 0.0481. The fraction of sp³-hybridized carbons (Fsp3) is 0.0909. The number of carbonyl (C=O) groups is 1. The summed E-state index contributed by atoms with van der Waals surface area (Å²) in [6.07, 6.45) is 0. The highest BCUT2D eigenvalue weighted by Gasteiger charge is 2.13. The van der Waals surface area contributed by atoms with Crippen molar-refractivity contribution in [1.82, 2.24) is 15.0 Å². The molecule has 0 unspecified atom stereocenters. The van der Waals surface area contributed by atoms with E-state index in [1.54, 1.807) is 0 Å². The lowest BCUT2D eigenvalue weighted by atomic mass is 10.1. The van der Waals surface area contributed by atoms with Gasteiger partial charge in [-0.15, -0.1) is 0 Å². The van der Waals surface area contributed by atoms with E-state index < -0.39 is 0 Å². The zero-order valence-corrected chi connectivity index (χ0v) is 15.9. The summed E-state index contributed by atoms with van der Waals surface area (Å²) in [5, 5.41) is 0.468. The first-order valence-corrected chi connectivity index (χ1v) is 9.84. The Balaban J connectivity index is 1.43. The van der Waals surface area contributed by atoms with Crippen molar-refractivity contribution in [3.8, 4) is 0 Å². The van der Waals surface area contributed by atoms with E-state index in [0.717, 1.165) is 27.6 Å². The number of ketones is 1. The molecular formula is C22H15N3O2S. The van der Waals surface area contributed by atoms with Crippen LogP contribution in [0, 0.1) is 6.92 Å². The number of aryl methyl sites for hydroxylation is 1. The third-order valence-corrected chi connectivity index (χ3v) is 5.36. The van der Waals surface area contributed by atoms with E-state index in [1.165, 1.54) is 11.8 Å². The Labute approximate surface area is 164 Å². The summed E-state index contributed by atoms with van der Waals surface area (Å²) in [6.45, 7) is 2.00. The number of hydrogen-bond acceptors (Lipinski definition) is 6. The molecule has 0 aliphatic heterocycles. The second-order valence-corrected chi connectivity index (χ2v) is 7.51. The first-order valence-electron chi connectivity index (χ1n) is 8.85. The summed E-state index contributed by atoms with van der Waals surface area (Å²) < 4.78 is 5.83. The van der Waals surface area contributed by atoms with Gasteiger partial charge in [0, 0.05) is 11.6 Å². The molecule has 5 aromatic rings. The van der Waals surface area contributed by atoms with Crippen LogP contribution in [0.25, 0.3) is 33.2 Å². The predicted molar refractivity (Wildman–Crippen MR) is 111 cm³/mol. The SMILES string of the molecule is Cc1ccc(C(=O)CSc2nc3cc4nc5ccccc5nc4cc3o2)cc1. The molecule has 0 aliphatic carbocycles. The highest BCUT2D eigenvalue weighted by molar-refractivity contribution is 7.99. The third kappa shape index (κ3) is 3.12. The summed E-state index contributed by atoms with van der Waals surface area (Å²) in [7, 11) is 0. The van der Waals surface area contributed by atoms with E-state index in [4.69, 9.17) is 4.42 Å². The lowest BCUT2D eigenvalue weighted by Gasteiger charge is -1.99. The van der Waals surface area contributed by atoms with Crippen molar-refractivity contribution < 1.29 is 9.21 Å². The average molecular weight is 385 g/mol. The Morgan fingerprint density at radius 2 is 1.54 bits per heavy atom. The molecule has 6 heteroatoms. The van der Waals surface area contributed by atoms with Gasteiger partial charge in [0.2, 0.25) is 0 Å². The molecule has 5 nitrogen and oxygen atoms in total. The lowest BCUT2D eigenvalue weighted by molar-refractivity contribution is 0.102. The van der Waals surface area contributed by atoms with Gasteiger partial charge in [0.1, 0.15) is 5.52 Å². The smallest absolute Gasteiger partial charge is 0.257 e. The highest BCUT2D eigenvalue weighted by atomic mass is 32.2. The van der Waals surface area contributed by atoms with Gasteiger partial charge in [-0.05, 0) is 25.1 Å². The van der Waals surface area contributed by atoms with Crippen LogP contribution in [0.5, 0.6) is 0 Å². The van der Waals surface area contributed by atoms with E-state index >= 15 is 0 Å². The lowest BCUT2D eigenvalue weighted by Crippen LogP contribution is -2.02. The van der Waals surface area contributed by atoms with Gasteiger partial charge < -0.3 is 4.42 Å². The van der Waals surface area contributed by atoms with Crippen LogP contribution in [0.2, 0.25) is 0 Å². The molecule has 0 atom stereocenters. The number of oxazole rings is 1. The zero-order valence-electron chi connectivity index (χ0n) is 15.0. The van der Waals surface area contributed by atoms with Crippen LogP contribution >= 0.6 is 11.8 Å². The predicted octanol–water partition coefficient (Wildman–Crippen LogP) is 5.21. The molecule has 0 spiro atoms. The number of rotatable bonds is 4. The number of aromatic nitrogens is 3. The van der Waals surface area contributed by atoms with E-state index in [-0.39, 0.29) is 11.5 Å². The number of benzene rings is 3. The Morgan fingerprint density at radius 1 is 0.857 bits per heavy atom. The second kappa shape index (κ2) is 6.73. The minimum Gasteiger partial charge on any atom is -0.431 e. The van der Waals surface area contributed by atoms with Gasteiger partial charge >= 0.3 is 0 Å². The Kier molecular flexibility index (Phi) is 4.06. The van der Waals surface area contributed by atoms with Crippen LogP contribution in [0.15, 0.2) is 70.3 Å². The number of fused-ring (bicyclic) bond motifs is 3. The molecule has 0 saturated heterocycles. The molecule has 0 radical (unpaired) electrons. The minimum atomic E-state index is 0.0481. The summed E-state index contributed by atoms with van der Waals surface area (Å²) >= 11 is 1.29. The average Bonchev–Trinajstić information content (AvgIpc) is 3.10. The maximum atomic E-state index is 12.4. The molecule has 3 aromatic carbocycles. The normalized spacial score (nSPS) is 11.5. The van der Waals surface area contributed by atoms with Gasteiger partial charge in [-0.2, -0.15) is 0 Å². The fourth-order valence-electron chi connectivity index (χ4n) is 3.03. The Hall–Kier alpha value is -3.25. The molecule has 28 heavy (non-hydrogen) atoms. The molecule has 136 valence electrons. The van der Waals surface area contributed by atoms with E-state index in [0.29, 0.717) is 21.9 Å². The molecule has 2 heterocycles. The van der Waals surface area contributed by atoms with Crippen molar-refractivity contribution in [3.63, 3.8) is 0 Å². The summed E-state index contributed by atoms with van der Waals surface area (Å²) in [4.78, 5) is 26.2. The van der Waals surface area contributed by atoms with E-state index in [2.05, 4.69) is 15.0 Å². The third-order valence-electron chi connectivity index (χ3n) is 4.53. The number of thioether (sulfide) groups is 1. The molecule has 0 fully saturated rings. The number of para-hydroxylation sites is 2. The number of carbonyl (C=O) groups excluding carboxylic acids is 1. The first-order chi connectivity index (χ1) is 13.7. The van der Waals surface area contributed by atoms with Crippen molar-refractivity contribution in [2.24, 2.45) is 0 Å². The van der Waals surface area contributed by atoms with Crippen LogP contribution in [0.3, 0.4) is 0 Å². The molecule has 5 rings (SSSR count). The van der Waals surface area contributed by atoms with Crippen molar-refractivity contribution in [3.05, 3.63) is 71.8 Å². The second-order valence-electron chi connectivity index (χ2n) is 6.58. The van der Waals surface area contributed by atoms with Crippen LogP contribution in [-0.2, 0) is 0 Å². The Morgan fingerprint density at radius 3 is 2.25 bits per heavy atom. The number of nitrogens with zero attached hydrogens (tertiary/aromatic N) is 3. The van der Waals surface area contributed by atoms with Gasteiger partial charge in [0.05, 0.1) is 27.8 Å². The van der Waals surface area contributed by atoms with Gasteiger partial charge in [0.15, 0.2) is 11.4 Å². The molecule has 0 saturated carbocycles. The molecule has 0 aliphatic rings. The quantitative estimate of drug-likeness (QED) is 0.240. The first kappa shape index (κ1) is 16.9. The summed E-state index contributed by atoms with van der Waals surface area (Å²) in [5.74, 6) is 0.322. The Bertz CT molecular complexity index is 1270. The monoisotopic (exact) mass is 385 g/mol. The maximum absolute atomic E-state index is 12.4. The van der Waals surface area contributed by atoms with Gasteiger partial charge in [-0.1, -0.05) is 53.7 Å². The zero-order chi connectivity index (χ0) is 19.1. The van der Waals surface area contributed by atoms with E-state index in [1.807, 2.05) is 67.6 Å². The van der Waals surface area contributed by atoms with Crippen LogP contribution in [0.4, 0.5) is 0 Å². The van der Waals surface area contributed by atoms with E-state index in [9.17, 15) is 4.79 Å². The molecule has 0 bridgehead atoms. The molecule has 2 aromatic heterocycles. The summed E-state index contributed by atoms with van der Waals surface area (Å²) in [5.41, 5.74) is 6.39. The molecule has 0 N–H and O–H groups in total. The fourth-order valence-corrected chi connectivity index (χ4v) is 3.77. The van der Waals surface area contributed by atoms with Crippen LogP contribution in [0.1, 0.15) is 15.9 Å². The van der Waals surface area contributed by atoms with Crippen molar-refractivity contribution >= 4 is 50.7 Å². The maximum Gasteiger partial charge on any atom is 0.257 e. The van der Waals surface area contributed by atoms with Gasteiger partial charge in [-0.25, -0.2) is 15.0 Å². The van der Waals surface area contributed by atoms with Crippen LogP contribution < -0.4 is 0 Å². The molecular weight excluding hydrogens is 370 g/mol. The standard InChI is InChI=1S/C22H15N3O2S/c1-13-6-8-14(9-7-13)20(26)12-28-22-25-19-10-17-18(11-21(19)27-22)24-16-5-3-2-4-15(16)23-17/h2-11H,12H2,1H3. The van der Waals surface area contributed by atoms with Gasteiger partial charge in [0.25, 0.3) is 5.22 Å². The van der Waals surface area contributed by atoms with Gasteiger partial charge in [-0.3, -0.25) is 4.79 Å². The van der Waals surface area contributed by atoms with Crippen molar-refractivity contribution in [2.75, 3.05) is 5.75 Å². The number of Topliss-reactive ketones (excluding diaryl/α,β-unsaturated/α-hetero) is 1. The summed E-state index contributed by atoms with van der Waals surface area (Å²) in [6, 6.07) is 19.0. The highest BCUT2D eigenvalue weighted by Crippen LogP contribution is 2.27. The molecule has 0 amide bonds. The number of hydrogen-bond donors (Lipinski definition) is 0. The van der Waals surface area contributed by atoms with Crippen molar-refractivity contribution in [2.45, 2.75) is 12.1 Å². The van der Waals surface area contributed by atoms with Crippen LogP contribution in [-0.4, -0.2) is 26.5 Å². The topological polar surface area (TPSA) is 68.9 Å². The largest absolute Gasteiger partial charge is 0.431 e. The van der Waals surface area contributed by atoms with Crippen molar-refractivity contribution in [1.29, 1.82) is 0 Å².